The van der Waals surface area contributed by atoms with Crippen molar-refractivity contribution in [3.8, 4) is 0 Å². The standard InChI is InChI=1S/C13H18BrN3O2/c1-19-13(18)16-12-2-3-17(8-12)7-9-4-10(14)6-11(15)5-9/h4-6,12H,2-3,7-8,15H2,1H3,(H,16,18). The third-order valence-corrected chi connectivity index (χ3v) is 3.62. The number of hydrogen-bond acceptors (Lipinski definition) is 4. The van der Waals surface area contributed by atoms with Gasteiger partial charge in [0, 0.05) is 35.8 Å². The van der Waals surface area contributed by atoms with E-state index in [1.165, 1.54) is 12.7 Å². The number of carbonyl (C=O) groups excluding carboxylic acids is 1. The van der Waals surface area contributed by atoms with E-state index in [2.05, 4.69) is 36.9 Å². The Bertz CT molecular complexity index is 447. The molecule has 1 aromatic rings. The van der Waals surface area contributed by atoms with Gasteiger partial charge in [-0.15, -0.1) is 0 Å². The van der Waals surface area contributed by atoms with Crippen molar-refractivity contribution in [2.24, 2.45) is 0 Å². The zero-order valence-electron chi connectivity index (χ0n) is 10.9. The lowest BCUT2D eigenvalue weighted by atomic mass is 10.2. The Morgan fingerprint density at radius 3 is 3.05 bits per heavy atom. The number of nitrogens with two attached hydrogens (primary N) is 1. The minimum atomic E-state index is -0.362. The van der Waals surface area contributed by atoms with Crippen LogP contribution in [0.2, 0.25) is 0 Å². The van der Waals surface area contributed by atoms with Crippen molar-refractivity contribution < 1.29 is 9.53 Å². The lowest BCUT2D eigenvalue weighted by Gasteiger charge is -2.17. The Morgan fingerprint density at radius 2 is 2.37 bits per heavy atom. The van der Waals surface area contributed by atoms with Gasteiger partial charge < -0.3 is 15.8 Å². The second kappa shape index (κ2) is 6.25. The van der Waals surface area contributed by atoms with Gasteiger partial charge in [-0.2, -0.15) is 0 Å². The lowest BCUT2D eigenvalue weighted by molar-refractivity contribution is 0.166. The van der Waals surface area contributed by atoms with E-state index in [9.17, 15) is 4.79 Å². The molecule has 1 unspecified atom stereocenters. The van der Waals surface area contributed by atoms with E-state index in [0.29, 0.717) is 0 Å². The van der Waals surface area contributed by atoms with Crippen molar-refractivity contribution in [3.05, 3.63) is 28.2 Å². The summed E-state index contributed by atoms with van der Waals surface area (Å²) in [5.74, 6) is 0. The highest BCUT2D eigenvalue weighted by Gasteiger charge is 2.24. The van der Waals surface area contributed by atoms with Gasteiger partial charge in [-0.05, 0) is 30.2 Å². The smallest absolute Gasteiger partial charge is 0.407 e. The topological polar surface area (TPSA) is 67.6 Å². The van der Waals surface area contributed by atoms with Gasteiger partial charge in [0.1, 0.15) is 0 Å². The number of nitrogen functional groups attached to an aromatic ring is 1. The summed E-state index contributed by atoms with van der Waals surface area (Å²) in [4.78, 5) is 13.4. The van der Waals surface area contributed by atoms with Crippen LogP contribution in [-0.2, 0) is 11.3 Å². The van der Waals surface area contributed by atoms with E-state index in [1.54, 1.807) is 0 Å². The van der Waals surface area contributed by atoms with Gasteiger partial charge in [0.25, 0.3) is 0 Å². The fraction of sp³-hybridized carbons (Fsp3) is 0.462. The first-order valence-corrected chi connectivity index (χ1v) is 6.98. The van der Waals surface area contributed by atoms with Crippen LogP contribution >= 0.6 is 15.9 Å². The molecule has 19 heavy (non-hydrogen) atoms. The van der Waals surface area contributed by atoms with E-state index < -0.39 is 0 Å². The van der Waals surface area contributed by atoms with Gasteiger partial charge in [-0.3, -0.25) is 4.90 Å². The van der Waals surface area contributed by atoms with Gasteiger partial charge in [-0.25, -0.2) is 4.79 Å². The van der Waals surface area contributed by atoms with Crippen LogP contribution in [0.4, 0.5) is 10.5 Å². The number of halogens is 1. The van der Waals surface area contributed by atoms with Crippen molar-refractivity contribution in [3.63, 3.8) is 0 Å². The molecule has 1 amide bonds. The van der Waals surface area contributed by atoms with E-state index in [-0.39, 0.29) is 12.1 Å². The summed E-state index contributed by atoms with van der Waals surface area (Å²) in [7, 11) is 1.38. The number of alkyl carbamates (subject to hydrolysis) is 1. The highest BCUT2D eigenvalue weighted by atomic mass is 79.9. The average molecular weight is 328 g/mol. The number of methoxy groups -OCH3 is 1. The number of rotatable bonds is 3. The van der Waals surface area contributed by atoms with Crippen LogP contribution in [0.15, 0.2) is 22.7 Å². The normalized spacial score (nSPS) is 19.4. The fourth-order valence-electron chi connectivity index (χ4n) is 2.34. The first-order valence-electron chi connectivity index (χ1n) is 6.18. The minimum Gasteiger partial charge on any atom is -0.453 e. The van der Waals surface area contributed by atoms with Crippen LogP contribution < -0.4 is 11.1 Å². The van der Waals surface area contributed by atoms with Crippen LogP contribution in [0.25, 0.3) is 0 Å². The Hall–Kier alpha value is -1.27. The molecule has 1 aliphatic heterocycles. The van der Waals surface area contributed by atoms with Crippen molar-refractivity contribution in [1.29, 1.82) is 0 Å². The molecule has 0 bridgehead atoms. The lowest BCUT2D eigenvalue weighted by Crippen LogP contribution is -2.36. The molecule has 3 N–H and O–H groups in total. The molecule has 1 aromatic carbocycles. The SMILES string of the molecule is COC(=O)NC1CCN(Cc2cc(N)cc(Br)c2)C1. The van der Waals surface area contributed by atoms with Gasteiger partial charge in [-0.1, -0.05) is 15.9 Å². The predicted octanol–water partition coefficient (Wildman–Crippen LogP) is 1.96. The van der Waals surface area contributed by atoms with Crippen molar-refractivity contribution in [2.75, 3.05) is 25.9 Å². The van der Waals surface area contributed by atoms with Crippen molar-refractivity contribution in [2.45, 2.75) is 19.0 Å². The van der Waals surface area contributed by atoms with Crippen molar-refractivity contribution >= 4 is 27.7 Å². The summed E-state index contributed by atoms with van der Waals surface area (Å²) in [5, 5.41) is 2.83. The third kappa shape index (κ3) is 4.11. The molecule has 0 spiro atoms. The fourth-order valence-corrected chi connectivity index (χ4v) is 2.90. The maximum Gasteiger partial charge on any atom is 0.407 e. The molecule has 0 aromatic heterocycles. The average Bonchev–Trinajstić information content (AvgIpc) is 2.74. The van der Waals surface area contributed by atoms with E-state index in [0.717, 1.165) is 36.2 Å². The number of carbonyl (C=O) groups is 1. The number of nitrogens with one attached hydrogen (secondary N) is 1. The summed E-state index contributed by atoms with van der Waals surface area (Å²) in [5.41, 5.74) is 7.75. The summed E-state index contributed by atoms with van der Waals surface area (Å²) >= 11 is 3.44. The van der Waals surface area contributed by atoms with E-state index >= 15 is 0 Å². The summed E-state index contributed by atoms with van der Waals surface area (Å²) in [6, 6.07) is 6.09. The highest BCUT2D eigenvalue weighted by Crippen LogP contribution is 2.20. The molecule has 1 atom stereocenters. The molecule has 1 fully saturated rings. The zero-order valence-corrected chi connectivity index (χ0v) is 12.4. The maximum atomic E-state index is 11.1. The molecule has 1 saturated heterocycles. The van der Waals surface area contributed by atoms with Crippen molar-refractivity contribution in [1.82, 2.24) is 10.2 Å². The number of nitrogens with zero attached hydrogens (tertiary/aromatic N) is 1. The van der Waals surface area contributed by atoms with Crippen LogP contribution in [-0.4, -0.2) is 37.2 Å². The van der Waals surface area contributed by atoms with Crippen LogP contribution in [0.3, 0.4) is 0 Å². The number of anilines is 1. The molecule has 1 heterocycles. The number of ether oxygens (including phenoxy) is 1. The molecule has 6 heteroatoms. The Kier molecular flexibility index (Phi) is 4.66. The van der Waals surface area contributed by atoms with E-state index in [4.69, 9.17) is 5.73 Å². The molecule has 0 aliphatic carbocycles. The number of likely N-dealkylation sites (tertiary alicyclic amines) is 1. The summed E-state index contributed by atoms with van der Waals surface area (Å²) in [6.45, 7) is 2.63. The van der Waals surface area contributed by atoms with Crippen LogP contribution in [0.1, 0.15) is 12.0 Å². The molecular formula is C13H18BrN3O2. The molecule has 0 radical (unpaired) electrons. The predicted molar refractivity (Wildman–Crippen MR) is 77.8 cm³/mol. The van der Waals surface area contributed by atoms with Crippen LogP contribution in [0, 0.1) is 0 Å². The van der Waals surface area contributed by atoms with E-state index in [1.807, 2.05) is 12.1 Å². The van der Waals surface area contributed by atoms with Gasteiger partial charge in [0.05, 0.1) is 7.11 Å². The molecule has 2 rings (SSSR count). The molecule has 0 saturated carbocycles. The number of benzene rings is 1. The summed E-state index contributed by atoms with van der Waals surface area (Å²) < 4.78 is 5.60. The second-order valence-corrected chi connectivity index (χ2v) is 5.67. The number of amides is 1. The highest BCUT2D eigenvalue weighted by molar-refractivity contribution is 9.10. The third-order valence-electron chi connectivity index (χ3n) is 3.17. The Labute approximate surface area is 121 Å². The largest absolute Gasteiger partial charge is 0.453 e. The maximum absolute atomic E-state index is 11.1. The van der Waals surface area contributed by atoms with Gasteiger partial charge >= 0.3 is 6.09 Å². The second-order valence-electron chi connectivity index (χ2n) is 4.75. The first-order chi connectivity index (χ1) is 9.06. The van der Waals surface area contributed by atoms with Crippen LogP contribution in [0.5, 0.6) is 0 Å². The first kappa shape index (κ1) is 14.1. The molecule has 104 valence electrons. The monoisotopic (exact) mass is 327 g/mol. The summed E-state index contributed by atoms with van der Waals surface area (Å²) in [6.07, 6.45) is 0.581. The zero-order chi connectivity index (χ0) is 13.8. The van der Waals surface area contributed by atoms with Gasteiger partial charge in [0.2, 0.25) is 0 Å². The number of hydrogen-bond donors (Lipinski definition) is 2. The Balaban J connectivity index is 1.89. The molecular weight excluding hydrogens is 310 g/mol. The molecule has 5 nitrogen and oxygen atoms in total. The Morgan fingerprint density at radius 1 is 1.58 bits per heavy atom. The van der Waals surface area contributed by atoms with Gasteiger partial charge in [0.15, 0.2) is 0 Å². The minimum absolute atomic E-state index is 0.164. The molecule has 1 aliphatic rings. The quantitative estimate of drug-likeness (QED) is 0.833.